The molecular formula is C19H11F3N4O3. The first-order valence-electron chi connectivity index (χ1n) is 7.99. The van der Waals surface area contributed by atoms with Gasteiger partial charge in [0.05, 0.1) is 10.6 Å². The molecule has 10 heteroatoms. The second kappa shape index (κ2) is 7.47. The van der Waals surface area contributed by atoms with Gasteiger partial charge in [0.1, 0.15) is 23.2 Å². The van der Waals surface area contributed by atoms with Crippen LogP contribution in [0.25, 0.3) is 22.4 Å². The highest BCUT2D eigenvalue weighted by Gasteiger charge is 2.31. The molecule has 2 aromatic carbocycles. The van der Waals surface area contributed by atoms with Crippen molar-refractivity contribution in [3.05, 3.63) is 70.3 Å². The summed E-state index contributed by atoms with van der Waals surface area (Å²) in [7, 11) is 0. The van der Waals surface area contributed by atoms with Crippen LogP contribution in [0.3, 0.4) is 0 Å². The van der Waals surface area contributed by atoms with Gasteiger partial charge in [0, 0.05) is 23.3 Å². The summed E-state index contributed by atoms with van der Waals surface area (Å²) >= 11 is 0. The van der Waals surface area contributed by atoms with Crippen LogP contribution in [0.15, 0.2) is 54.6 Å². The van der Waals surface area contributed by atoms with Crippen LogP contribution in [0.4, 0.5) is 24.7 Å². The van der Waals surface area contributed by atoms with Gasteiger partial charge in [0.15, 0.2) is 0 Å². The van der Waals surface area contributed by atoms with E-state index in [1.807, 2.05) is 6.07 Å². The predicted octanol–water partition coefficient (Wildman–Crippen LogP) is 4.68. The van der Waals surface area contributed by atoms with E-state index in [2.05, 4.69) is 9.72 Å². The molecule has 0 aliphatic heterocycles. The number of pyridine rings is 1. The molecular weight excluding hydrogens is 389 g/mol. The van der Waals surface area contributed by atoms with E-state index in [-0.39, 0.29) is 22.8 Å². The summed E-state index contributed by atoms with van der Waals surface area (Å²) in [4.78, 5) is 14.6. The zero-order valence-corrected chi connectivity index (χ0v) is 14.5. The summed E-state index contributed by atoms with van der Waals surface area (Å²) in [6.07, 6.45) is -4.82. The Bertz CT molecular complexity index is 1120. The minimum absolute atomic E-state index is 0.0312. The Balaban J connectivity index is 2.08. The van der Waals surface area contributed by atoms with Gasteiger partial charge in [-0.1, -0.05) is 24.3 Å². The van der Waals surface area contributed by atoms with E-state index >= 15 is 0 Å². The molecule has 146 valence electrons. The van der Waals surface area contributed by atoms with Crippen molar-refractivity contribution in [3.63, 3.8) is 0 Å². The van der Waals surface area contributed by atoms with Gasteiger partial charge in [-0.15, -0.1) is 13.2 Å². The van der Waals surface area contributed by atoms with Crippen molar-refractivity contribution in [2.24, 2.45) is 0 Å². The maximum atomic E-state index is 12.3. The molecule has 0 saturated heterocycles. The number of nitrogens with zero attached hydrogens (tertiary/aromatic N) is 3. The molecule has 0 amide bonds. The Morgan fingerprint density at radius 1 is 1.10 bits per heavy atom. The van der Waals surface area contributed by atoms with Crippen LogP contribution < -0.4 is 10.5 Å². The van der Waals surface area contributed by atoms with E-state index in [4.69, 9.17) is 5.73 Å². The molecule has 0 aliphatic rings. The van der Waals surface area contributed by atoms with E-state index in [1.165, 1.54) is 36.4 Å². The third kappa shape index (κ3) is 4.41. The van der Waals surface area contributed by atoms with Crippen LogP contribution >= 0.6 is 0 Å². The summed E-state index contributed by atoms with van der Waals surface area (Å²) in [5.74, 6) is -0.525. The maximum Gasteiger partial charge on any atom is 0.573 e. The van der Waals surface area contributed by atoms with Crippen LogP contribution in [0, 0.1) is 21.4 Å². The first-order chi connectivity index (χ1) is 13.7. The van der Waals surface area contributed by atoms with Crippen LogP contribution in [-0.4, -0.2) is 16.3 Å². The lowest BCUT2D eigenvalue weighted by Gasteiger charge is -2.12. The average Bonchev–Trinajstić information content (AvgIpc) is 2.67. The van der Waals surface area contributed by atoms with Gasteiger partial charge < -0.3 is 10.5 Å². The van der Waals surface area contributed by atoms with Crippen LogP contribution in [0.1, 0.15) is 5.56 Å². The SMILES string of the molecule is N#Cc1c(-c2ccc(OC(F)(F)F)cc2)cc(-c2cccc([N+](=O)[O-])c2)nc1N. The molecule has 1 aromatic heterocycles. The van der Waals surface area contributed by atoms with E-state index in [1.54, 1.807) is 6.07 Å². The number of aromatic nitrogens is 1. The number of non-ortho nitro benzene ring substituents is 1. The Hall–Kier alpha value is -4.13. The Morgan fingerprint density at radius 2 is 1.79 bits per heavy atom. The van der Waals surface area contributed by atoms with Crippen molar-refractivity contribution >= 4 is 11.5 Å². The third-order valence-corrected chi connectivity index (χ3v) is 3.91. The monoisotopic (exact) mass is 400 g/mol. The number of hydrogen-bond acceptors (Lipinski definition) is 6. The smallest absolute Gasteiger partial charge is 0.406 e. The van der Waals surface area contributed by atoms with E-state index in [9.17, 15) is 28.5 Å². The lowest BCUT2D eigenvalue weighted by atomic mass is 9.98. The largest absolute Gasteiger partial charge is 0.573 e. The predicted molar refractivity (Wildman–Crippen MR) is 97.6 cm³/mol. The molecule has 0 fully saturated rings. The topological polar surface area (TPSA) is 115 Å². The molecule has 3 aromatic rings. The standard InChI is InChI=1S/C19H11F3N4O3/c20-19(21,22)29-14-6-4-11(5-7-14)15-9-17(25-18(24)16(15)10-23)12-2-1-3-13(8-12)26(27)28/h1-9H,(H2,24,25). The summed E-state index contributed by atoms with van der Waals surface area (Å²) < 4.78 is 40.8. The van der Waals surface area contributed by atoms with Crippen LogP contribution in [0.2, 0.25) is 0 Å². The van der Waals surface area contributed by atoms with Crippen molar-refractivity contribution in [2.75, 3.05) is 5.73 Å². The van der Waals surface area contributed by atoms with E-state index < -0.39 is 17.0 Å². The number of nitro benzene ring substituents is 1. The molecule has 0 aliphatic carbocycles. The number of ether oxygens (including phenoxy) is 1. The second-order valence-corrected chi connectivity index (χ2v) is 5.81. The lowest BCUT2D eigenvalue weighted by molar-refractivity contribution is -0.384. The minimum Gasteiger partial charge on any atom is -0.406 e. The van der Waals surface area contributed by atoms with Crippen molar-refractivity contribution in [1.29, 1.82) is 5.26 Å². The van der Waals surface area contributed by atoms with E-state index in [0.717, 1.165) is 12.1 Å². The summed E-state index contributed by atoms with van der Waals surface area (Å²) in [5.41, 5.74) is 7.15. The number of anilines is 1. The van der Waals surface area contributed by atoms with Gasteiger partial charge in [-0.25, -0.2) is 4.98 Å². The molecule has 7 nitrogen and oxygen atoms in total. The van der Waals surface area contributed by atoms with Crippen molar-refractivity contribution in [3.8, 4) is 34.2 Å². The highest BCUT2D eigenvalue weighted by molar-refractivity contribution is 5.80. The molecule has 0 unspecified atom stereocenters. The molecule has 0 bridgehead atoms. The number of nitro groups is 1. The fourth-order valence-corrected chi connectivity index (χ4v) is 2.67. The first-order valence-corrected chi connectivity index (χ1v) is 7.99. The molecule has 0 atom stereocenters. The fourth-order valence-electron chi connectivity index (χ4n) is 2.67. The number of nitrogens with two attached hydrogens (primary N) is 1. The van der Waals surface area contributed by atoms with Crippen LogP contribution in [0.5, 0.6) is 5.75 Å². The molecule has 0 radical (unpaired) electrons. The molecule has 29 heavy (non-hydrogen) atoms. The van der Waals surface area contributed by atoms with Crippen LogP contribution in [-0.2, 0) is 0 Å². The highest BCUT2D eigenvalue weighted by Crippen LogP contribution is 2.33. The number of benzene rings is 2. The zero-order chi connectivity index (χ0) is 21.2. The van der Waals surface area contributed by atoms with Gasteiger partial charge in [0.25, 0.3) is 5.69 Å². The Morgan fingerprint density at radius 3 is 2.38 bits per heavy atom. The fraction of sp³-hybridized carbons (Fsp3) is 0.0526. The van der Waals surface area contributed by atoms with Gasteiger partial charge in [-0.05, 0) is 23.8 Å². The number of nitriles is 1. The lowest BCUT2D eigenvalue weighted by Crippen LogP contribution is -2.16. The number of nitrogen functional groups attached to an aromatic ring is 1. The summed E-state index contributed by atoms with van der Waals surface area (Å²) in [6, 6.07) is 14.0. The molecule has 1 heterocycles. The maximum absolute atomic E-state index is 12.3. The molecule has 0 saturated carbocycles. The third-order valence-electron chi connectivity index (χ3n) is 3.91. The Labute approximate surface area is 161 Å². The zero-order valence-electron chi connectivity index (χ0n) is 14.5. The molecule has 0 spiro atoms. The number of rotatable bonds is 4. The van der Waals surface area contributed by atoms with Gasteiger partial charge in [-0.2, -0.15) is 5.26 Å². The highest BCUT2D eigenvalue weighted by atomic mass is 19.4. The number of alkyl halides is 3. The Kier molecular flexibility index (Phi) is 5.06. The molecule has 2 N–H and O–H groups in total. The first kappa shape index (κ1) is 19.6. The number of halogens is 3. The van der Waals surface area contributed by atoms with Crippen molar-refractivity contribution in [1.82, 2.24) is 4.98 Å². The second-order valence-electron chi connectivity index (χ2n) is 5.81. The number of hydrogen-bond donors (Lipinski definition) is 1. The van der Waals surface area contributed by atoms with Gasteiger partial charge in [0.2, 0.25) is 0 Å². The molecule has 3 rings (SSSR count). The van der Waals surface area contributed by atoms with E-state index in [0.29, 0.717) is 16.7 Å². The van der Waals surface area contributed by atoms with Gasteiger partial charge >= 0.3 is 6.36 Å². The summed E-state index contributed by atoms with van der Waals surface area (Å²) in [6.45, 7) is 0. The normalized spacial score (nSPS) is 11.0. The quantitative estimate of drug-likeness (QED) is 0.502. The van der Waals surface area contributed by atoms with Gasteiger partial charge in [-0.3, -0.25) is 10.1 Å². The average molecular weight is 400 g/mol. The van der Waals surface area contributed by atoms with Crippen molar-refractivity contribution < 1.29 is 22.8 Å². The van der Waals surface area contributed by atoms with Crippen molar-refractivity contribution in [2.45, 2.75) is 6.36 Å². The minimum atomic E-state index is -4.82. The summed E-state index contributed by atoms with van der Waals surface area (Å²) in [5, 5.41) is 20.4.